The van der Waals surface area contributed by atoms with Crippen molar-refractivity contribution in [3.63, 3.8) is 0 Å². The molecule has 3 aromatic rings. The molecule has 8 heteroatoms. The van der Waals surface area contributed by atoms with Crippen molar-refractivity contribution in [2.75, 3.05) is 31.5 Å². The molecule has 0 radical (unpaired) electrons. The Morgan fingerprint density at radius 1 is 0.862 bits per heavy atom. The number of hydrogen-bond donors (Lipinski definition) is 1. The van der Waals surface area contributed by atoms with Crippen molar-refractivity contribution < 1.29 is 14.0 Å². The van der Waals surface area contributed by atoms with Gasteiger partial charge in [-0.1, -0.05) is 18.2 Å². The molecule has 148 valence electrons. The van der Waals surface area contributed by atoms with Gasteiger partial charge in [-0.3, -0.25) is 9.59 Å². The maximum absolute atomic E-state index is 12.8. The number of carbonyl (C=O) groups is 2. The Hall–Kier alpha value is -3.68. The topological polar surface area (TPSA) is 91.6 Å². The van der Waals surface area contributed by atoms with Gasteiger partial charge in [0.05, 0.1) is 11.8 Å². The number of aromatic nitrogens is 2. The summed E-state index contributed by atoms with van der Waals surface area (Å²) in [6.07, 6.45) is 5.23. The fourth-order valence-electron chi connectivity index (χ4n) is 3.22. The molecule has 29 heavy (non-hydrogen) atoms. The van der Waals surface area contributed by atoms with E-state index >= 15 is 0 Å². The average Bonchev–Trinajstić information content (AvgIpc) is 3.19. The van der Waals surface area contributed by atoms with Crippen LogP contribution in [0.5, 0.6) is 0 Å². The SMILES string of the molecule is O=C(c1cnc(Nc2ccccc2)nc1)N1CCCN(C(=O)c2ccco2)CC1. The Labute approximate surface area is 168 Å². The lowest BCUT2D eigenvalue weighted by Crippen LogP contribution is -2.37. The van der Waals surface area contributed by atoms with Crippen LogP contribution in [0, 0.1) is 0 Å². The molecular formula is C21H21N5O3. The van der Waals surface area contributed by atoms with E-state index in [0.29, 0.717) is 49.9 Å². The van der Waals surface area contributed by atoms with Gasteiger partial charge in [-0.15, -0.1) is 0 Å². The molecule has 1 N–H and O–H groups in total. The summed E-state index contributed by atoms with van der Waals surface area (Å²) in [7, 11) is 0. The van der Waals surface area contributed by atoms with Crippen molar-refractivity contribution in [1.82, 2.24) is 19.8 Å². The minimum atomic E-state index is -0.149. The first-order valence-electron chi connectivity index (χ1n) is 9.47. The predicted octanol–water partition coefficient (Wildman–Crippen LogP) is 2.80. The van der Waals surface area contributed by atoms with Crippen LogP contribution in [0.15, 0.2) is 65.5 Å². The fraction of sp³-hybridized carbons (Fsp3) is 0.238. The minimum absolute atomic E-state index is 0.136. The number of benzene rings is 1. The quantitative estimate of drug-likeness (QED) is 0.735. The molecule has 0 saturated carbocycles. The monoisotopic (exact) mass is 391 g/mol. The third kappa shape index (κ3) is 4.43. The zero-order valence-corrected chi connectivity index (χ0v) is 15.8. The Morgan fingerprint density at radius 3 is 2.21 bits per heavy atom. The second-order valence-corrected chi connectivity index (χ2v) is 6.70. The highest BCUT2D eigenvalue weighted by molar-refractivity contribution is 5.94. The van der Waals surface area contributed by atoms with Gasteiger partial charge in [-0.25, -0.2) is 9.97 Å². The summed E-state index contributed by atoms with van der Waals surface area (Å²) in [4.78, 5) is 37.2. The van der Waals surface area contributed by atoms with Crippen LogP contribution in [-0.2, 0) is 0 Å². The first-order valence-corrected chi connectivity index (χ1v) is 9.47. The second-order valence-electron chi connectivity index (χ2n) is 6.70. The summed E-state index contributed by atoms with van der Waals surface area (Å²) in [6.45, 7) is 2.07. The molecule has 0 spiro atoms. The predicted molar refractivity (Wildman–Crippen MR) is 107 cm³/mol. The highest BCUT2D eigenvalue weighted by atomic mass is 16.3. The summed E-state index contributed by atoms with van der Waals surface area (Å²) in [6, 6.07) is 12.9. The number of hydrogen-bond acceptors (Lipinski definition) is 6. The zero-order valence-electron chi connectivity index (χ0n) is 15.8. The largest absolute Gasteiger partial charge is 0.459 e. The summed E-state index contributed by atoms with van der Waals surface area (Å²) < 4.78 is 5.19. The number of para-hydroxylation sites is 1. The van der Waals surface area contributed by atoms with Gasteiger partial charge in [-0.05, 0) is 30.7 Å². The van der Waals surface area contributed by atoms with E-state index in [0.717, 1.165) is 5.69 Å². The van der Waals surface area contributed by atoms with Crippen LogP contribution >= 0.6 is 0 Å². The number of amides is 2. The molecule has 2 aromatic heterocycles. The van der Waals surface area contributed by atoms with Crippen molar-refractivity contribution >= 4 is 23.5 Å². The smallest absolute Gasteiger partial charge is 0.289 e. The molecule has 1 aliphatic heterocycles. The van der Waals surface area contributed by atoms with E-state index in [1.54, 1.807) is 21.9 Å². The van der Waals surface area contributed by atoms with Gasteiger partial charge in [-0.2, -0.15) is 0 Å². The molecule has 0 atom stereocenters. The lowest BCUT2D eigenvalue weighted by molar-refractivity contribution is 0.0700. The maximum Gasteiger partial charge on any atom is 0.289 e. The Balaban J connectivity index is 1.37. The highest BCUT2D eigenvalue weighted by Crippen LogP contribution is 2.14. The molecule has 3 heterocycles. The minimum Gasteiger partial charge on any atom is -0.459 e. The van der Waals surface area contributed by atoms with Crippen LogP contribution in [0.25, 0.3) is 0 Å². The van der Waals surface area contributed by atoms with Crippen molar-refractivity contribution in [1.29, 1.82) is 0 Å². The van der Waals surface area contributed by atoms with Crippen LogP contribution < -0.4 is 5.32 Å². The molecular weight excluding hydrogens is 370 g/mol. The molecule has 1 aliphatic rings. The third-order valence-electron chi connectivity index (χ3n) is 4.73. The lowest BCUT2D eigenvalue weighted by Gasteiger charge is -2.21. The molecule has 1 saturated heterocycles. The summed E-state index contributed by atoms with van der Waals surface area (Å²) >= 11 is 0. The molecule has 0 unspecified atom stereocenters. The zero-order chi connectivity index (χ0) is 20.1. The normalized spacial score (nSPS) is 14.3. The van der Waals surface area contributed by atoms with Crippen molar-refractivity contribution in [2.24, 2.45) is 0 Å². The van der Waals surface area contributed by atoms with E-state index in [1.807, 2.05) is 30.3 Å². The van der Waals surface area contributed by atoms with E-state index in [9.17, 15) is 9.59 Å². The van der Waals surface area contributed by atoms with E-state index in [2.05, 4.69) is 15.3 Å². The van der Waals surface area contributed by atoms with Gasteiger partial charge in [0.15, 0.2) is 5.76 Å². The Morgan fingerprint density at radius 2 is 1.55 bits per heavy atom. The van der Waals surface area contributed by atoms with Crippen molar-refractivity contribution in [3.8, 4) is 0 Å². The van der Waals surface area contributed by atoms with E-state index in [1.165, 1.54) is 18.7 Å². The number of nitrogens with zero attached hydrogens (tertiary/aromatic N) is 4. The first-order chi connectivity index (χ1) is 14.2. The molecule has 2 amide bonds. The second kappa shape index (κ2) is 8.55. The number of anilines is 2. The summed E-state index contributed by atoms with van der Waals surface area (Å²) in [5, 5.41) is 3.09. The number of furan rings is 1. The van der Waals surface area contributed by atoms with Crippen molar-refractivity contribution in [2.45, 2.75) is 6.42 Å². The third-order valence-corrected chi connectivity index (χ3v) is 4.73. The summed E-state index contributed by atoms with van der Waals surface area (Å²) in [5.74, 6) is 0.464. The molecule has 1 fully saturated rings. The van der Waals surface area contributed by atoms with Gasteiger partial charge in [0.25, 0.3) is 11.8 Å². The van der Waals surface area contributed by atoms with Crippen LogP contribution in [0.3, 0.4) is 0 Å². The highest BCUT2D eigenvalue weighted by Gasteiger charge is 2.25. The van der Waals surface area contributed by atoms with E-state index in [4.69, 9.17) is 4.42 Å². The lowest BCUT2D eigenvalue weighted by atomic mass is 10.2. The van der Waals surface area contributed by atoms with Gasteiger partial charge in [0.1, 0.15) is 0 Å². The standard InChI is InChI=1S/C21H21N5O3/c27-19(16-14-22-21(23-15-16)24-17-6-2-1-3-7-17)25-9-5-10-26(12-11-25)20(28)18-8-4-13-29-18/h1-4,6-8,13-15H,5,9-12H2,(H,22,23,24). The van der Waals surface area contributed by atoms with E-state index < -0.39 is 0 Å². The van der Waals surface area contributed by atoms with Crippen LogP contribution in [-0.4, -0.2) is 57.8 Å². The molecule has 0 bridgehead atoms. The van der Waals surface area contributed by atoms with Gasteiger partial charge in [0, 0.05) is 44.3 Å². The Kier molecular flexibility index (Phi) is 5.51. The molecule has 8 nitrogen and oxygen atoms in total. The van der Waals surface area contributed by atoms with Gasteiger partial charge >= 0.3 is 0 Å². The van der Waals surface area contributed by atoms with Crippen LogP contribution in [0.4, 0.5) is 11.6 Å². The fourth-order valence-corrected chi connectivity index (χ4v) is 3.22. The van der Waals surface area contributed by atoms with Crippen LogP contribution in [0.1, 0.15) is 27.3 Å². The number of carbonyl (C=O) groups excluding carboxylic acids is 2. The van der Waals surface area contributed by atoms with Crippen LogP contribution in [0.2, 0.25) is 0 Å². The number of nitrogens with one attached hydrogen (secondary N) is 1. The van der Waals surface area contributed by atoms with E-state index in [-0.39, 0.29) is 11.8 Å². The maximum atomic E-state index is 12.8. The van der Waals surface area contributed by atoms with Crippen molar-refractivity contribution in [3.05, 3.63) is 72.4 Å². The molecule has 4 rings (SSSR count). The average molecular weight is 391 g/mol. The first kappa shape index (κ1) is 18.7. The number of rotatable bonds is 4. The Bertz CT molecular complexity index is 958. The molecule has 1 aromatic carbocycles. The molecule has 0 aliphatic carbocycles. The van der Waals surface area contributed by atoms with Gasteiger partial charge < -0.3 is 19.5 Å². The van der Waals surface area contributed by atoms with Gasteiger partial charge in [0.2, 0.25) is 5.95 Å². The summed E-state index contributed by atoms with van der Waals surface area (Å²) in [5.41, 5.74) is 1.30.